The van der Waals surface area contributed by atoms with Crippen molar-refractivity contribution >= 4 is 6.09 Å². The molecule has 2 heterocycles. The van der Waals surface area contributed by atoms with Gasteiger partial charge in [0.25, 0.3) is 0 Å². The summed E-state index contributed by atoms with van der Waals surface area (Å²) < 4.78 is 7.67. The lowest BCUT2D eigenvalue weighted by Gasteiger charge is -2.33. The Hall–Kier alpha value is -1.52. The molecular weight excluding hydrogens is 278 g/mol. The molecule has 22 heavy (non-hydrogen) atoms. The molecule has 1 saturated heterocycles. The molecule has 0 atom stereocenters. The lowest BCUT2D eigenvalue weighted by Crippen LogP contribution is -2.41. The van der Waals surface area contributed by atoms with Gasteiger partial charge < -0.3 is 14.2 Å². The molecule has 1 aromatic heterocycles. The Labute approximate surface area is 133 Å². The highest BCUT2D eigenvalue weighted by atomic mass is 16.6. The molecule has 2 rings (SSSR count). The van der Waals surface area contributed by atoms with Gasteiger partial charge in [-0.1, -0.05) is 0 Å². The van der Waals surface area contributed by atoms with Crippen LogP contribution in [0.15, 0.2) is 6.33 Å². The highest BCUT2D eigenvalue weighted by molar-refractivity contribution is 5.68. The molecule has 1 amide bonds. The van der Waals surface area contributed by atoms with E-state index in [0.717, 1.165) is 44.6 Å². The predicted molar refractivity (Wildman–Crippen MR) is 86.8 cm³/mol. The van der Waals surface area contributed by atoms with E-state index in [0.29, 0.717) is 5.92 Å². The topological polar surface area (TPSA) is 47.4 Å². The van der Waals surface area contributed by atoms with E-state index in [9.17, 15) is 4.79 Å². The maximum atomic E-state index is 12.0. The Morgan fingerprint density at radius 1 is 1.32 bits per heavy atom. The summed E-state index contributed by atoms with van der Waals surface area (Å²) in [6.07, 6.45) is 5.03. The van der Waals surface area contributed by atoms with E-state index in [-0.39, 0.29) is 6.09 Å². The molecular formula is C17H29N3O2. The lowest BCUT2D eigenvalue weighted by atomic mass is 9.94. The zero-order valence-electron chi connectivity index (χ0n) is 14.6. The van der Waals surface area contributed by atoms with Crippen molar-refractivity contribution < 1.29 is 9.53 Å². The third-order valence-corrected chi connectivity index (χ3v) is 4.39. The summed E-state index contributed by atoms with van der Waals surface area (Å²) in [7, 11) is 0. The van der Waals surface area contributed by atoms with E-state index < -0.39 is 5.60 Å². The van der Waals surface area contributed by atoms with Crippen molar-refractivity contribution in [3.63, 3.8) is 0 Å². The quantitative estimate of drug-likeness (QED) is 0.858. The molecule has 0 unspecified atom stereocenters. The van der Waals surface area contributed by atoms with Gasteiger partial charge in [0.15, 0.2) is 0 Å². The van der Waals surface area contributed by atoms with Gasteiger partial charge in [0.1, 0.15) is 5.60 Å². The predicted octanol–water partition coefficient (Wildman–Crippen LogP) is 3.54. The average Bonchev–Trinajstić information content (AvgIpc) is 2.75. The van der Waals surface area contributed by atoms with Gasteiger partial charge in [0.05, 0.1) is 12.0 Å². The van der Waals surface area contributed by atoms with Gasteiger partial charge in [-0.2, -0.15) is 0 Å². The number of imidazole rings is 1. The maximum absolute atomic E-state index is 12.0. The van der Waals surface area contributed by atoms with Gasteiger partial charge in [0, 0.05) is 25.3 Å². The summed E-state index contributed by atoms with van der Waals surface area (Å²) in [6.45, 7) is 12.5. The number of hydrogen-bond acceptors (Lipinski definition) is 3. The molecule has 0 N–H and O–H groups in total. The van der Waals surface area contributed by atoms with E-state index in [1.165, 1.54) is 5.69 Å². The largest absolute Gasteiger partial charge is 0.444 e. The smallest absolute Gasteiger partial charge is 0.410 e. The van der Waals surface area contributed by atoms with Crippen LogP contribution < -0.4 is 0 Å². The Balaban J connectivity index is 1.75. The fraction of sp³-hybridized carbons (Fsp3) is 0.765. The van der Waals surface area contributed by atoms with Crippen LogP contribution >= 0.6 is 0 Å². The van der Waals surface area contributed by atoms with E-state index in [2.05, 4.69) is 16.5 Å². The number of piperidine rings is 1. The Bertz CT molecular complexity index is 508. The molecule has 1 aromatic rings. The number of aryl methyl sites for hydroxylation is 2. The fourth-order valence-corrected chi connectivity index (χ4v) is 2.82. The first-order valence-electron chi connectivity index (χ1n) is 8.22. The number of hydrogen-bond donors (Lipinski definition) is 0. The first-order chi connectivity index (χ1) is 10.3. The minimum Gasteiger partial charge on any atom is -0.444 e. The molecule has 0 spiro atoms. The average molecular weight is 307 g/mol. The Morgan fingerprint density at radius 3 is 2.45 bits per heavy atom. The van der Waals surface area contributed by atoms with Crippen LogP contribution in [0, 0.1) is 19.8 Å². The minimum absolute atomic E-state index is 0.174. The molecule has 5 heteroatoms. The number of carbonyl (C=O) groups excluding carboxylic acids is 1. The van der Waals surface area contributed by atoms with Crippen LogP contribution in [0.1, 0.15) is 51.4 Å². The monoisotopic (exact) mass is 307 g/mol. The molecule has 0 aromatic carbocycles. The molecule has 1 aliphatic rings. The standard InChI is InChI=1S/C17H29N3O2/c1-13-14(2)20(12-18-13)11-8-15-6-9-19(10-7-15)16(21)22-17(3,4)5/h12,15H,6-11H2,1-5H3. The van der Waals surface area contributed by atoms with Gasteiger partial charge >= 0.3 is 6.09 Å². The third-order valence-electron chi connectivity index (χ3n) is 4.39. The molecule has 0 bridgehead atoms. The van der Waals surface area contributed by atoms with Crippen LogP contribution in [0.2, 0.25) is 0 Å². The summed E-state index contributed by atoms with van der Waals surface area (Å²) in [6, 6.07) is 0. The summed E-state index contributed by atoms with van der Waals surface area (Å²) in [5, 5.41) is 0. The molecule has 5 nitrogen and oxygen atoms in total. The second kappa shape index (κ2) is 6.71. The maximum Gasteiger partial charge on any atom is 0.410 e. The highest BCUT2D eigenvalue weighted by Crippen LogP contribution is 2.23. The van der Waals surface area contributed by atoms with Crippen molar-refractivity contribution in [2.45, 2.75) is 66.0 Å². The summed E-state index contributed by atoms with van der Waals surface area (Å²) in [5.41, 5.74) is 1.95. The number of likely N-dealkylation sites (tertiary alicyclic amines) is 1. The van der Waals surface area contributed by atoms with Crippen LogP contribution in [0.25, 0.3) is 0 Å². The second-order valence-electron chi connectivity index (χ2n) is 7.31. The van der Waals surface area contributed by atoms with Crippen LogP contribution in [-0.4, -0.2) is 39.2 Å². The van der Waals surface area contributed by atoms with Crippen molar-refractivity contribution in [3.8, 4) is 0 Å². The van der Waals surface area contributed by atoms with Crippen molar-refractivity contribution in [1.82, 2.24) is 14.5 Å². The molecule has 0 radical (unpaired) electrons. The second-order valence-corrected chi connectivity index (χ2v) is 7.31. The van der Waals surface area contributed by atoms with E-state index in [1.54, 1.807) is 0 Å². The van der Waals surface area contributed by atoms with Crippen LogP contribution in [0.4, 0.5) is 4.79 Å². The summed E-state index contributed by atoms with van der Waals surface area (Å²) in [4.78, 5) is 18.2. The van der Waals surface area contributed by atoms with Crippen molar-refractivity contribution in [3.05, 3.63) is 17.7 Å². The minimum atomic E-state index is -0.412. The van der Waals surface area contributed by atoms with Gasteiger partial charge in [0.2, 0.25) is 0 Å². The van der Waals surface area contributed by atoms with Gasteiger partial charge in [-0.3, -0.25) is 0 Å². The summed E-state index contributed by atoms with van der Waals surface area (Å²) >= 11 is 0. The molecule has 1 fully saturated rings. The van der Waals surface area contributed by atoms with Gasteiger partial charge in [-0.25, -0.2) is 9.78 Å². The zero-order chi connectivity index (χ0) is 16.3. The first-order valence-corrected chi connectivity index (χ1v) is 8.22. The molecule has 124 valence electrons. The normalized spacial score (nSPS) is 16.9. The number of ether oxygens (including phenoxy) is 1. The van der Waals surface area contributed by atoms with E-state index in [1.807, 2.05) is 38.9 Å². The molecule has 0 saturated carbocycles. The lowest BCUT2D eigenvalue weighted by molar-refractivity contribution is 0.0180. The Morgan fingerprint density at radius 2 is 1.95 bits per heavy atom. The fourth-order valence-electron chi connectivity index (χ4n) is 2.82. The molecule has 1 aliphatic heterocycles. The van der Waals surface area contributed by atoms with E-state index >= 15 is 0 Å². The highest BCUT2D eigenvalue weighted by Gasteiger charge is 2.26. The van der Waals surface area contributed by atoms with E-state index in [4.69, 9.17) is 4.74 Å². The number of rotatable bonds is 3. The third kappa shape index (κ3) is 4.49. The number of aromatic nitrogens is 2. The number of carbonyl (C=O) groups is 1. The number of nitrogens with zero attached hydrogens (tertiary/aromatic N) is 3. The first kappa shape index (κ1) is 16.8. The Kier molecular flexibility index (Phi) is 5.14. The van der Waals surface area contributed by atoms with Crippen molar-refractivity contribution in [2.24, 2.45) is 5.92 Å². The van der Waals surface area contributed by atoms with Crippen molar-refractivity contribution in [2.75, 3.05) is 13.1 Å². The van der Waals surface area contributed by atoms with Gasteiger partial charge in [-0.05, 0) is 59.8 Å². The SMILES string of the molecule is Cc1ncn(CCC2CCN(C(=O)OC(C)(C)C)CC2)c1C. The number of amides is 1. The van der Waals surface area contributed by atoms with Gasteiger partial charge in [-0.15, -0.1) is 0 Å². The van der Waals surface area contributed by atoms with Crippen LogP contribution in [0.3, 0.4) is 0 Å². The van der Waals surface area contributed by atoms with Crippen LogP contribution in [0.5, 0.6) is 0 Å². The van der Waals surface area contributed by atoms with Crippen LogP contribution in [-0.2, 0) is 11.3 Å². The zero-order valence-corrected chi connectivity index (χ0v) is 14.6. The van der Waals surface area contributed by atoms with Crippen molar-refractivity contribution in [1.29, 1.82) is 0 Å². The summed E-state index contributed by atoms with van der Waals surface area (Å²) in [5.74, 6) is 0.681. The molecule has 0 aliphatic carbocycles.